The first-order chi connectivity index (χ1) is 6.50. The van der Waals surface area contributed by atoms with Gasteiger partial charge in [-0.2, -0.15) is 0 Å². The fourth-order valence-electron chi connectivity index (χ4n) is 0.521. The molecule has 0 bridgehead atoms. The van der Waals surface area contributed by atoms with Crippen LogP contribution in [0.25, 0.3) is 0 Å². The molecule has 1 aliphatic carbocycles. The van der Waals surface area contributed by atoms with Gasteiger partial charge in [0.2, 0.25) is 0 Å². The van der Waals surface area contributed by atoms with Gasteiger partial charge in [0.05, 0.1) is 0 Å². The second-order valence-corrected chi connectivity index (χ2v) is 1.48. The first-order valence-corrected chi connectivity index (χ1v) is 3.10. The predicted molar refractivity (Wildman–Crippen MR) is 49.1 cm³/mol. The Morgan fingerprint density at radius 2 is 0.929 bits per heavy atom. The zero-order valence-electron chi connectivity index (χ0n) is 7.25. The third-order valence-electron chi connectivity index (χ3n) is 0.878. The van der Waals surface area contributed by atoms with E-state index >= 15 is 0 Å². The van der Waals surface area contributed by atoms with Crippen molar-refractivity contribution in [2.45, 2.75) is 6.42 Å². The van der Waals surface area contributed by atoms with Crippen LogP contribution in [-0.4, -0.2) is 20.4 Å². The fourth-order valence-corrected chi connectivity index (χ4v) is 0.521. The molecule has 1 aliphatic rings. The number of allylic oxidation sites excluding steroid dienone is 6. The van der Waals surface area contributed by atoms with E-state index in [2.05, 4.69) is 44.7 Å². The summed E-state index contributed by atoms with van der Waals surface area (Å²) in [6.45, 7) is 13.5. The Hall–Kier alpha value is -1.25. The number of hydrogen-bond acceptors (Lipinski definition) is 3. The van der Waals surface area contributed by atoms with Crippen molar-refractivity contribution in [1.82, 2.24) is 0 Å². The smallest absolute Gasteiger partial charge is 0.281 e. The maximum absolute atomic E-state index is 7.50. The van der Waals surface area contributed by atoms with Crippen molar-refractivity contribution in [3.63, 3.8) is 0 Å². The first-order valence-electron chi connectivity index (χ1n) is 3.10. The molecule has 0 N–H and O–H groups in total. The molecule has 0 unspecified atom stereocenters. The van der Waals surface area contributed by atoms with Crippen molar-refractivity contribution in [3.8, 4) is 0 Å². The van der Waals surface area contributed by atoms with E-state index in [-0.39, 0.29) is 17.1 Å². The van der Waals surface area contributed by atoms with E-state index in [0.29, 0.717) is 0 Å². The molecule has 0 heterocycles. The molecule has 0 aromatic rings. The summed E-state index contributed by atoms with van der Waals surface area (Å²) >= 11 is 0. The second-order valence-electron chi connectivity index (χ2n) is 1.48. The molecule has 4 heteroatoms. The summed E-state index contributed by atoms with van der Waals surface area (Å²) in [6.07, 6.45) is 13.5. The molecule has 14 heavy (non-hydrogen) atoms. The molecule has 74 valence electrons. The normalized spacial score (nSPS) is 9.43. The Kier molecular flexibility index (Phi) is 67.4. The fraction of sp³-hybridized carbons (Fsp3) is 0.100. The summed E-state index contributed by atoms with van der Waals surface area (Å²) in [4.78, 5) is 22.5. The maximum atomic E-state index is 7.50. The molecule has 0 spiro atoms. The Morgan fingerprint density at radius 1 is 0.643 bits per heavy atom. The number of rotatable bonds is 0. The van der Waals surface area contributed by atoms with Crippen LogP contribution in [0.3, 0.4) is 0 Å². The topological polar surface area (TPSA) is 51.2 Å². The van der Waals surface area contributed by atoms with Crippen LogP contribution in [0.1, 0.15) is 6.42 Å². The number of hydrogen-bond donors (Lipinski definition) is 0. The molecule has 0 fully saturated rings. The Bertz CT molecular complexity index is 146. The Balaban J connectivity index is -0.0000000625. The zero-order chi connectivity index (χ0) is 10.9. The van der Waals surface area contributed by atoms with Gasteiger partial charge in [-0.05, 0) is 6.42 Å². The van der Waals surface area contributed by atoms with Gasteiger partial charge in [0.1, 0.15) is 0 Å². The van der Waals surface area contributed by atoms with Gasteiger partial charge >= 0.3 is 0 Å². The van der Waals surface area contributed by atoms with Gasteiger partial charge in [0, 0.05) is 17.1 Å². The molecule has 0 saturated carbocycles. The van der Waals surface area contributed by atoms with E-state index in [1.54, 1.807) is 0 Å². The third kappa shape index (κ3) is 30.9. The van der Waals surface area contributed by atoms with E-state index in [0.717, 1.165) is 6.42 Å². The van der Waals surface area contributed by atoms with Gasteiger partial charge in [-0.25, -0.2) is 0 Å². The summed E-state index contributed by atoms with van der Waals surface area (Å²) in [5, 5.41) is 0. The van der Waals surface area contributed by atoms with Gasteiger partial charge in [0.15, 0.2) is 0 Å². The maximum Gasteiger partial charge on any atom is 0.281 e. The summed E-state index contributed by atoms with van der Waals surface area (Å²) in [6, 6.07) is 0. The molecular formula is C10H8FeO3. The monoisotopic (exact) mass is 232 g/mol. The van der Waals surface area contributed by atoms with Crippen molar-refractivity contribution < 1.29 is 31.5 Å². The molecule has 0 atom stereocenters. The minimum Gasteiger partial charge on any atom is -0.281 e. The minimum atomic E-state index is 0. The quantitative estimate of drug-likeness (QED) is 0.582. The van der Waals surface area contributed by atoms with Crippen LogP contribution in [0, 0.1) is 0 Å². The molecule has 0 aromatic heterocycles. The van der Waals surface area contributed by atoms with Crippen molar-refractivity contribution >= 4 is 20.4 Å². The van der Waals surface area contributed by atoms with Gasteiger partial charge in [0.25, 0.3) is 20.4 Å². The van der Waals surface area contributed by atoms with Crippen molar-refractivity contribution in [2.75, 3.05) is 0 Å². The van der Waals surface area contributed by atoms with Gasteiger partial charge in [-0.1, -0.05) is 36.5 Å². The van der Waals surface area contributed by atoms with Crippen LogP contribution in [0.5, 0.6) is 0 Å². The van der Waals surface area contributed by atoms with Crippen LogP contribution in [0.4, 0.5) is 0 Å². The van der Waals surface area contributed by atoms with Crippen LogP contribution in [0.15, 0.2) is 36.5 Å². The average molecular weight is 232 g/mol. The standard InChI is InChI=1S/C7H8.3CO.Fe/c1-2-4-6-7-5-3-1;3*1-2;/h1-6H,7H2;;;;. The van der Waals surface area contributed by atoms with Gasteiger partial charge in [-0.15, -0.1) is 0 Å². The summed E-state index contributed by atoms with van der Waals surface area (Å²) in [7, 11) is 0. The van der Waals surface area contributed by atoms with Crippen LogP contribution in [-0.2, 0) is 31.5 Å². The van der Waals surface area contributed by atoms with Crippen molar-refractivity contribution in [1.29, 1.82) is 0 Å². The van der Waals surface area contributed by atoms with Crippen molar-refractivity contribution in [3.05, 3.63) is 36.5 Å². The molecule has 6 radical (unpaired) electrons. The van der Waals surface area contributed by atoms with Crippen LogP contribution >= 0.6 is 0 Å². The third-order valence-corrected chi connectivity index (χ3v) is 0.878. The summed E-state index contributed by atoms with van der Waals surface area (Å²) in [5.74, 6) is 0. The summed E-state index contributed by atoms with van der Waals surface area (Å²) in [5.41, 5.74) is 0. The Morgan fingerprint density at radius 3 is 1.21 bits per heavy atom. The molecule has 1 rings (SSSR count). The van der Waals surface area contributed by atoms with Crippen molar-refractivity contribution in [2.24, 2.45) is 0 Å². The van der Waals surface area contributed by atoms with Gasteiger partial charge in [-0.3, -0.25) is 14.4 Å². The second kappa shape index (κ2) is 41.1. The zero-order valence-corrected chi connectivity index (χ0v) is 8.35. The van der Waals surface area contributed by atoms with E-state index in [1.807, 2.05) is 12.2 Å². The van der Waals surface area contributed by atoms with E-state index in [1.165, 1.54) is 0 Å². The molecule has 0 saturated heterocycles. The average Bonchev–Trinajstić information content (AvgIpc) is 2.58. The Labute approximate surface area is 95.0 Å². The van der Waals surface area contributed by atoms with Crippen LogP contribution < -0.4 is 0 Å². The largest absolute Gasteiger partial charge is 0.281 e. The first kappa shape index (κ1) is 23.0. The molecular weight excluding hydrogens is 224 g/mol. The van der Waals surface area contributed by atoms with E-state index in [9.17, 15) is 0 Å². The van der Waals surface area contributed by atoms with E-state index < -0.39 is 0 Å². The predicted octanol–water partition coefficient (Wildman–Crippen LogP) is 0.865. The van der Waals surface area contributed by atoms with Crippen LogP contribution in [0.2, 0.25) is 0 Å². The number of carbonyl (C=O) groups excluding carboxylic acids is 3. The summed E-state index contributed by atoms with van der Waals surface area (Å²) < 4.78 is 0. The van der Waals surface area contributed by atoms with Gasteiger partial charge < -0.3 is 0 Å². The molecule has 0 aromatic carbocycles. The van der Waals surface area contributed by atoms with E-state index in [4.69, 9.17) is 14.4 Å². The SMILES string of the molecule is C1=CC=CCC=C1.[C]=O.[C]=O.[C]=O.[Fe]. The molecule has 0 aliphatic heterocycles. The minimum absolute atomic E-state index is 0. The molecule has 3 nitrogen and oxygen atoms in total. The molecule has 0 amide bonds.